The van der Waals surface area contributed by atoms with Crippen LogP contribution in [0.4, 0.5) is 18.9 Å². The predicted octanol–water partition coefficient (Wildman–Crippen LogP) is 13.5. The molecule has 0 unspecified atom stereocenters. The van der Waals surface area contributed by atoms with Gasteiger partial charge in [0.15, 0.2) is 5.82 Å². The Hall–Kier alpha value is -6.15. The minimum absolute atomic E-state index is 0.00219. The Morgan fingerprint density at radius 1 is 0.810 bits per heavy atom. The van der Waals surface area contributed by atoms with Gasteiger partial charge in [0.1, 0.15) is 5.76 Å². The van der Waals surface area contributed by atoms with Gasteiger partial charge in [-0.25, -0.2) is 9.97 Å². The number of hydrogen-bond donors (Lipinski definition) is 2. The molecule has 5 nitrogen and oxygen atoms in total. The van der Waals surface area contributed by atoms with E-state index in [1.807, 2.05) is 86.6 Å². The van der Waals surface area contributed by atoms with Crippen LogP contribution in [0.2, 0.25) is 0 Å². The topological polar surface area (TPSA) is 61.3 Å². The second-order valence-electron chi connectivity index (χ2n) is 14.9. The Balaban J connectivity index is 0.00000315. The van der Waals surface area contributed by atoms with E-state index >= 15 is 0 Å². The van der Waals surface area contributed by atoms with Crippen LogP contribution in [0.15, 0.2) is 153 Å². The number of hydrogen-bond acceptors (Lipinski definition) is 5. The summed E-state index contributed by atoms with van der Waals surface area (Å²) in [6.07, 6.45) is 7.59. The van der Waals surface area contributed by atoms with Crippen molar-refractivity contribution in [1.29, 1.82) is 0 Å². The van der Waals surface area contributed by atoms with E-state index in [9.17, 15) is 18.3 Å². The molecule has 1 heterocycles. The van der Waals surface area contributed by atoms with Crippen molar-refractivity contribution < 1.29 is 18.3 Å². The maximum Gasteiger partial charge on any atom is 0.416 e. The normalized spacial score (nSPS) is 13.1. The van der Waals surface area contributed by atoms with Crippen molar-refractivity contribution in [3.63, 3.8) is 0 Å². The quantitative estimate of drug-likeness (QED) is 0.110. The molecule has 0 amide bonds. The molecule has 5 aromatic rings. The minimum Gasteiger partial charge on any atom is -0.511 e. The van der Waals surface area contributed by atoms with Crippen LogP contribution in [0.5, 0.6) is 0 Å². The zero-order valence-electron chi connectivity index (χ0n) is 34.1. The molecular weight excluding hydrogens is 730 g/mol. The monoisotopic (exact) mass is 782 g/mol. The number of benzene rings is 4. The second kappa shape index (κ2) is 18.9. The molecule has 0 atom stereocenters. The molecule has 4 aromatic carbocycles. The van der Waals surface area contributed by atoms with Crippen LogP contribution >= 0.6 is 0 Å². The largest absolute Gasteiger partial charge is 0.511 e. The number of aromatic nitrogens is 2. The first kappa shape index (κ1) is 43.0. The molecule has 0 bridgehead atoms. The van der Waals surface area contributed by atoms with Crippen molar-refractivity contribution in [2.75, 3.05) is 11.9 Å². The van der Waals surface area contributed by atoms with Gasteiger partial charge in [-0.2, -0.15) is 13.2 Å². The lowest BCUT2D eigenvalue weighted by atomic mass is 9.83. The fourth-order valence-corrected chi connectivity index (χ4v) is 6.63. The van der Waals surface area contributed by atoms with Gasteiger partial charge in [0.05, 0.1) is 12.1 Å². The van der Waals surface area contributed by atoms with Crippen LogP contribution in [0.25, 0.3) is 33.8 Å². The van der Waals surface area contributed by atoms with Gasteiger partial charge in [-0.1, -0.05) is 145 Å². The summed E-state index contributed by atoms with van der Waals surface area (Å²) in [4.78, 5) is 11.2. The summed E-state index contributed by atoms with van der Waals surface area (Å²) in [5, 5.41) is 13.3. The molecular formula is C50H53F3N4O. The van der Waals surface area contributed by atoms with Crippen molar-refractivity contribution in [2.45, 2.75) is 66.6 Å². The van der Waals surface area contributed by atoms with Gasteiger partial charge in [0, 0.05) is 53.6 Å². The Kier molecular flexibility index (Phi) is 14.0. The lowest BCUT2D eigenvalue weighted by molar-refractivity contribution is -0.138. The van der Waals surface area contributed by atoms with E-state index in [2.05, 4.69) is 91.4 Å². The highest BCUT2D eigenvalue weighted by atomic mass is 19.4. The number of nitrogens with zero attached hydrogens (tertiary/aromatic N) is 3. The minimum atomic E-state index is -4.45. The van der Waals surface area contributed by atoms with Gasteiger partial charge < -0.3 is 15.3 Å². The molecule has 0 saturated heterocycles. The number of halogens is 3. The Morgan fingerprint density at radius 3 is 1.98 bits per heavy atom. The second-order valence-corrected chi connectivity index (χ2v) is 14.9. The molecule has 0 spiro atoms. The molecule has 300 valence electrons. The third-order valence-corrected chi connectivity index (χ3v) is 9.94. The van der Waals surface area contributed by atoms with Gasteiger partial charge in [-0.05, 0) is 75.4 Å². The number of aliphatic hydroxyl groups is 1. The van der Waals surface area contributed by atoms with Gasteiger partial charge in [0.25, 0.3) is 0 Å². The van der Waals surface area contributed by atoms with Crippen LogP contribution in [0.1, 0.15) is 74.4 Å². The maximum absolute atomic E-state index is 13.8. The van der Waals surface area contributed by atoms with E-state index in [1.165, 1.54) is 23.3 Å². The summed E-state index contributed by atoms with van der Waals surface area (Å²) in [6.45, 7) is 22.9. The zero-order valence-corrected chi connectivity index (χ0v) is 34.1. The van der Waals surface area contributed by atoms with Crippen molar-refractivity contribution in [1.82, 2.24) is 14.9 Å². The van der Waals surface area contributed by atoms with Crippen molar-refractivity contribution >= 4 is 17.0 Å². The van der Waals surface area contributed by atoms with Gasteiger partial charge >= 0.3 is 6.18 Å². The number of anilines is 1. The number of alkyl halides is 3. The lowest BCUT2D eigenvalue weighted by Gasteiger charge is -2.27. The molecule has 0 saturated carbocycles. The van der Waals surface area contributed by atoms with E-state index in [0.717, 1.165) is 34.2 Å². The first-order valence-corrected chi connectivity index (χ1v) is 19.6. The van der Waals surface area contributed by atoms with Gasteiger partial charge in [-0.15, -0.1) is 0 Å². The molecule has 0 radical (unpaired) electrons. The van der Waals surface area contributed by atoms with Crippen molar-refractivity contribution in [2.24, 2.45) is 5.41 Å². The van der Waals surface area contributed by atoms with Crippen LogP contribution in [-0.2, 0) is 25.6 Å². The van der Waals surface area contributed by atoms with Crippen LogP contribution in [0.3, 0.4) is 0 Å². The fraction of sp³-hybridized carbons (Fsp3) is 0.240. The Bertz CT molecular complexity index is 2270. The van der Waals surface area contributed by atoms with E-state index in [1.54, 1.807) is 6.07 Å². The maximum atomic E-state index is 13.8. The van der Waals surface area contributed by atoms with Crippen LogP contribution in [0, 0.1) is 5.41 Å². The molecule has 6 rings (SSSR count). The molecule has 8 heteroatoms. The first-order valence-electron chi connectivity index (χ1n) is 19.6. The van der Waals surface area contributed by atoms with Crippen molar-refractivity contribution in [3.05, 3.63) is 186 Å². The standard InChI is InChI=1S/C48H47F3N4O.C2H6/c1-7-35-8-13-42(45(27-35)48(49,50)51)26-32(2)54-44-20-18-37(19-21-44)34(4)55(30-33(3)56)31-36-9-11-41(12-10-36)46-52-28-43(29-53-46)39-16-14-38(15-17-39)40-22-24-47(5,6)25-23-40;1-2/h8-24,27-29,54,56H,2-4,7,25-26,30-31H2,1,5-6H3;1-2H3. The summed E-state index contributed by atoms with van der Waals surface area (Å²) in [5.74, 6) is 0.617. The highest BCUT2D eigenvalue weighted by Crippen LogP contribution is 2.35. The third-order valence-electron chi connectivity index (χ3n) is 9.94. The first-order chi connectivity index (χ1) is 27.7. The highest BCUT2D eigenvalue weighted by Gasteiger charge is 2.33. The van der Waals surface area contributed by atoms with Crippen LogP contribution < -0.4 is 5.32 Å². The fourth-order valence-electron chi connectivity index (χ4n) is 6.63. The van der Waals surface area contributed by atoms with Crippen LogP contribution in [-0.4, -0.2) is 26.5 Å². The summed E-state index contributed by atoms with van der Waals surface area (Å²) >= 11 is 0. The number of allylic oxidation sites excluding steroid dienone is 5. The number of nitrogens with one attached hydrogen (secondary N) is 1. The lowest BCUT2D eigenvalue weighted by Crippen LogP contribution is -2.23. The Labute approximate surface area is 341 Å². The van der Waals surface area contributed by atoms with E-state index < -0.39 is 11.7 Å². The molecule has 1 aromatic heterocycles. The van der Waals surface area contributed by atoms with Gasteiger partial charge in [0.2, 0.25) is 0 Å². The number of aryl methyl sites for hydroxylation is 1. The SMILES string of the molecule is C=C(O)CN(Cc1ccc(-c2ncc(-c3ccc(C4=CCC(C)(C)C=C4)cc3)cn2)cc1)C(=C)c1ccc(NC(=C)Cc2ccc(CC)cc2C(F)(F)F)cc1.CC. The average molecular weight is 783 g/mol. The smallest absolute Gasteiger partial charge is 0.416 e. The summed E-state index contributed by atoms with van der Waals surface area (Å²) in [7, 11) is 0. The van der Waals surface area contributed by atoms with E-state index in [-0.39, 0.29) is 29.7 Å². The van der Waals surface area contributed by atoms with E-state index in [0.29, 0.717) is 41.4 Å². The van der Waals surface area contributed by atoms with Gasteiger partial charge in [-0.3, -0.25) is 0 Å². The molecule has 0 aliphatic heterocycles. The summed E-state index contributed by atoms with van der Waals surface area (Å²) in [5.41, 5.74) is 9.25. The predicted molar refractivity (Wildman–Crippen MR) is 235 cm³/mol. The molecule has 58 heavy (non-hydrogen) atoms. The molecule has 0 fully saturated rings. The molecule has 1 aliphatic carbocycles. The molecule has 2 N–H and O–H groups in total. The Morgan fingerprint density at radius 2 is 1.41 bits per heavy atom. The van der Waals surface area contributed by atoms with E-state index in [4.69, 9.17) is 0 Å². The highest BCUT2D eigenvalue weighted by molar-refractivity contribution is 5.77. The molecule has 1 aliphatic rings. The third kappa shape index (κ3) is 11.2. The summed E-state index contributed by atoms with van der Waals surface area (Å²) in [6, 6.07) is 28.3. The number of aliphatic hydroxyl groups excluding tert-OH is 1. The summed E-state index contributed by atoms with van der Waals surface area (Å²) < 4.78 is 41.3. The average Bonchev–Trinajstić information content (AvgIpc) is 3.21. The van der Waals surface area contributed by atoms with Crippen molar-refractivity contribution in [3.8, 4) is 22.5 Å². The number of rotatable bonds is 14. The zero-order chi connectivity index (χ0) is 42.0.